The molecule has 1 N–H and O–H groups in total. The number of thiophene rings is 1. The van der Waals surface area contributed by atoms with E-state index in [-0.39, 0.29) is 24.3 Å². The molecule has 56 heavy (non-hydrogen) atoms. The van der Waals surface area contributed by atoms with Crippen molar-refractivity contribution in [1.82, 2.24) is 39.7 Å². The van der Waals surface area contributed by atoms with Gasteiger partial charge >= 0.3 is 0 Å². The monoisotopic (exact) mass is 787 g/mol. The fourth-order valence-corrected chi connectivity index (χ4v) is 9.28. The Balaban J connectivity index is 0.821. The molecule has 0 aliphatic carbocycles. The number of carbonyl (C=O) groups excluding carboxylic acids is 3. The van der Waals surface area contributed by atoms with E-state index in [0.29, 0.717) is 35.8 Å². The summed E-state index contributed by atoms with van der Waals surface area (Å²) in [6, 6.07) is 12.6. The Morgan fingerprint density at radius 3 is 2.62 bits per heavy atom. The number of nitrogens with zero attached hydrogens (tertiary/aromatic N) is 8. The third-order valence-electron chi connectivity index (χ3n) is 10.9. The quantitative estimate of drug-likeness (QED) is 0.183. The van der Waals surface area contributed by atoms with E-state index in [4.69, 9.17) is 21.3 Å². The first-order valence-electron chi connectivity index (χ1n) is 18.8. The molecule has 9 rings (SSSR count). The summed E-state index contributed by atoms with van der Waals surface area (Å²) in [6.07, 6.45) is 6.10. The van der Waals surface area contributed by atoms with Crippen molar-refractivity contribution in [2.24, 2.45) is 4.99 Å². The van der Waals surface area contributed by atoms with Crippen LogP contribution in [-0.2, 0) is 29.2 Å². The van der Waals surface area contributed by atoms with Crippen molar-refractivity contribution in [3.05, 3.63) is 110 Å². The Bertz CT molecular complexity index is 2480. The van der Waals surface area contributed by atoms with Crippen LogP contribution in [0, 0.1) is 25.7 Å². The van der Waals surface area contributed by atoms with Gasteiger partial charge in [0.25, 0.3) is 5.91 Å². The summed E-state index contributed by atoms with van der Waals surface area (Å²) in [7, 11) is 0. The van der Waals surface area contributed by atoms with Crippen molar-refractivity contribution in [3.8, 4) is 22.6 Å². The van der Waals surface area contributed by atoms with Crippen LogP contribution in [-0.4, -0.2) is 89.6 Å². The second-order valence-corrected chi connectivity index (χ2v) is 15.9. The van der Waals surface area contributed by atoms with Gasteiger partial charge < -0.3 is 14.5 Å². The molecule has 0 spiro atoms. The van der Waals surface area contributed by atoms with E-state index in [1.54, 1.807) is 22.3 Å². The lowest BCUT2D eigenvalue weighted by Crippen LogP contribution is -2.52. The number of fused-ring (bicyclic) bond motifs is 4. The van der Waals surface area contributed by atoms with Crippen molar-refractivity contribution in [1.29, 1.82) is 0 Å². The standard InChI is InChI=1S/C41H38ClN9O4S/c1-24-34(56-41-37(24)38(27-7-9-28(42)10-8-27)43-21-35-47-46-25(2)51(35)41)12-6-26-20-44-49(22-26)19-18-48-16-14-29(15-17-48)55-33-5-3-4-30-31(33)23-50(40(30)54)32-11-13-36(52)45-39(32)53/h3-5,7-10,20,22,29,32H,11,13-19,21,23H2,1-2H3,(H,45,52,53). The minimum absolute atomic E-state index is 0.0221. The molecule has 1 unspecified atom stereocenters. The molecule has 4 aliphatic heterocycles. The molecule has 0 radical (unpaired) electrons. The normalized spacial score (nSPS) is 18.4. The number of halogens is 1. The molecule has 2 aromatic carbocycles. The minimum atomic E-state index is -0.651. The molecule has 3 amide bonds. The number of nitrogens with one attached hydrogen (secondary N) is 1. The zero-order valence-corrected chi connectivity index (χ0v) is 32.5. The molecule has 13 nitrogen and oxygen atoms in total. The molecule has 1 atom stereocenters. The molecular formula is C41H38ClN9O4S. The number of aliphatic imine (C=N–C) groups is 1. The highest BCUT2D eigenvalue weighted by Crippen LogP contribution is 2.37. The van der Waals surface area contributed by atoms with E-state index in [1.807, 2.05) is 60.4 Å². The van der Waals surface area contributed by atoms with Crippen molar-refractivity contribution >= 4 is 46.4 Å². The summed E-state index contributed by atoms with van der Waals surface area (Å²) in [5.74, 6) is 8.16. The van der Waals surface area contributed by atoms with Crippen LogP contribution in [0.1, 0.15) is 80.4 Å². The highest BCUT2D eigenvalue weighted by Gasteiger charge is 2.40. The molecule has 5 aromatic rings. The van der Waals surface area contributed by atoms with E-state index in [2.05, 4.69) is 48.8 Å². The van der Waals surface area contributed by atoms with Gasteiger partial charge in [-0.15, -0.1) is 21.5 Å². The Kier molecular flexibility index (Phi) is 9.52. The maximum atomic E-state index is 13.2. The van der Waals surface area contributed by atoms with Crippen molar-refractivity contribution in [2.75, 3.05) is 19.6 Å². The number of hydrogen-bond donors (Lipinski definition) is 1. The van der Waals surface area contributed by atoms with Crippen LogP contribution in [0.5, 0.6) is 5.75 Å². The highest BCUT2D eigenvalue weighted by molar-refractivity contribution is 7.15. The predicted octanol–water partition coefficient (Wildman–Crippen LogP) is 4.85. The van der Waals surface area contributed by atoms with Crippen LogP contribution < -0.4 is 10.1 Å². The van der Waals surface area contributed by atoms with E-state index >= 15 is 0 Å². The average molecular weight is 788 g/mol. The summed E-state index contributed by atoms with van der Waals surface area (Å²) in [5, 5.41) is 17.4. The third-order valence-corrected chi connectivity index (χ3v) is 12.4. The van der Waals surface area contributed by atoms with Crippen LogP contribution >= 0.6 is 22.9 Å². The maximum absolute atomic E-state index is 13.2. The van der Waals surface area contributed by atoms with Gasteiger partial charge in [-0.1, -0.05) is 41.6 Å². The number of likely N-dealkylation sites (tertiary alicyclic amines) is 1. The number of carbonyl (C=O) groups is 3. The smallest absolute Gasteiger partial charge is 0.255 e. The lowest BCUT2D eigenvalue weighted by molar-refractivity contribution is -0.136. The second kappa shape index (κ2) is 14.8. The number of aryl methyl sites for hydroxylation is 1. The van der Waals surface area contributed by atoms with Gasteiger partial charge in [0.1, 0.15) is 35.3 Å². The SMILES string of the molecule is Cc1c(C#Cc2cnn(CCN3CCC(Oc4cccc5c4CN(C4CCC(=O)NC4=O)C5=O)CC3)c2)sc2c1C(c1ccc(Cl)cc1)=NCc1nnc(C)n1-2. The molecule has 7 heterocycles. The Hall–Kier alpha value is -5.62. The number of rotatable bonds is 7. The van der Waals surface area contributed by atoms with E-state index in [0.717, 1.165) is 94.1 Å². The van der Waals surface area contributed by atoms with Crippen LogP contribution in [0.3, 0.4) is 0 Å². The lowest BCUT2D eigenvalue weighted by atomic mass is 10.00. The van der Waals surface area contributed by atoms with Crippen molar-refractivity contribution in [2.45, 2.75) is 71.3 Å². The number of piperidine rings is 2. The fraction of sp³-hybridized carbons (Fsp3) is 0.341. The lowest BCUT2D eigenvalue weighted by Gasteiger charge is -2.32. The number of amides is 3. The predicted molar refractivity (Wildman–Crippen MR) is 210 cm³/mol. The first-order chi connectivity index (χ1) is 27.2. The molecule has 2 saturated heterocycles. The molecule has 0 bridgehead atoms. The highest BCUT2D eigenvalue weighted by atomic mass is 35.5. The minimum Gasteiger partial charge on any atom is -0.490 e. The number of imide groups is 1. The Morgan fingerprint density at radius 1 is 1.00 bits per heavy atom. The molecule has 2 fully saturated rings. The number of aromatic nitrogens is 5. The summed E-state index contributed by atoms with van der Waals surface area (Å²) in [6.45, 7) is 8.13. The van der Waals surface area contributed by atoms with Gasteiger partial charge in [0.05, 0.1) is 35.4 Å². The van der Waals surface area contributed by atoms with E-state index < -0.39 is 11.9 Å². The third kappa shape index (κ3) is 6.80. The zero-order valence-electron chi connectivity index (χ0n) is 30.9. The number of benzene rings is 2. The van der Waals surface area contributed by atoms with Crippen LogP contribution in [0.2, 0.25) is 5.02 Å². The van der Waals surface area contributed by atoms with Crippen LogP contribution in [0.15, 0.2) is 59.9 Å². The van der Waals surface area contributed by atoms with Gasteiger partial charge in [0.2, 0.25) is 11.8 Å². The molecule has 3 aromatic heterocycles. The summed E-state index contributed by atoms with van der Waals surface area (Å²) >= 11 is 7.84. The topological polar surface area (TPSA) is 140 Å². The van der Waals surface area contributed by atoms with Crippen LogP contribution in [0.25, 0.3) is 5.00 Å². The van der Waals surface area contributed by atoms with Crippen LogP contribution in [0.4, 0.5) is 0 Å². The number of ether oxygens (including phenoxy) is 1. The van der Waals surface area contributed by atoms with Gasteiger partial charge in [-0.3, -0.25) is 33.9 Å². The Morgan fingerprint density at radius 2 is 1.82 bits per heavy atom. The number of hydrogen-bond acceptors (Lipinski definition) is 10. The van der Waals surface area contributed by atoms with Gasteiger partial charge in [0, 0.05) is 59.5 Å². The van der Waals surface area contributed by atoms with E-state index in [1.165, 1.54) is 0 Å². The fourth-order valence-electron chi connectivity index (χ4n) is 7.92. The van der Waals surface area contributed by atoms with Gasteiger partial charge in [-0.25, -0.2) is 0 Å². The van der Waals surface area contributed by atoms with Gasteiger partial charge in [0.15, 0.2) is 5.82 Å². The molecule has 0 saturated carbocycles. The first kappa shape index (κ1) is 36.0. The van der Waals surface area contributed by atoms with Crippen molar-refractivity contribution in [3.63, 3.8) is 0 Å². The Labute approximate surface area is 332 Å². The average Bonchev–Trinajstić information content (AvgIpc) is 3.94. The zero-order chi connectivity index (χ0) is 38.5. The second-order valence-electron chi connectivity index (χ2n) is 14.5. The van der Waals surface area contributed by atoms with Gasteiger partial charge in [-0.2, -0.15) is 5.10 Å². The molecular weight excluding hydrogens is 750 g/mol. The van der Waals surface area contributed by atoms with E-state index in [9.17, 15) is 14.4 Å². The molecule has 15 heteroatoms. The molecule has 4 aliphatic rings. The summed E-state index contributed by atoms with van der Waals surface area (Å²) in [4.78, 5) is 47.3. The van der Waals surface area contributed by atoms with Gasteiger partial charge in [-0.05, 0) is 62.9 Å². The summed E-state index contributed by atoms with van der Waals surface area (Å²) in [5.41, 5.74) is 6.19. The largest absolute Gasteiger partial charge is 0.490 e. The van der Waals surface area contributed by atoms with Crippen molar-refractivity contribution < 1.29 is 19.1 Å². The maximum Gasteiger partial charge on any atom is 0.255 e. The summed E-state index contributed by atoms with van der Waals surface area (Å²) < 4.78 is 10.5. The first-order valence-corrected chi connectivity index (χ1v) is 19.9. The molecule has 284 valence electrons.